The molecule has 1 aliphatic rings. The Labute approximate surface area is 165 Å². The summed E-state index contributed by atoms with van der Waals surface area (Å²) in [5.74, 6) is 1.41. The van der Waals surface area contributed by atoms with Crippen molar-refractivity contribution in [3.8, 4) is 0 Å². The average molecular weight is 385 g/mol. The molecule has 2 N–H and O–H groups in total. The highest BCUT2D eigenvalue weighted by Gasteiger charge is 2.28. The summed E-state index contributed by atoms with van der Waals surface area (Å²) in [5, 5.41) is 10.8. The first-order valence-corrected chi connectivity index (χ1v) is 9.98. The molecule has 0 spiro atoms. The molecule has 1 amide bonds. The first-order valence-electron chi connectivity index (χ1n) is 9.98. The first kappa shape index (κ1) is 23.0. The molecule has 1 aromatic heterocycles. The highest BCUT2D eigenvalue weighted by molar-refractivity contribution is 5.94. The van der Waals surface area contributed by atoms with Crippen molar-refractivity contribution in [2.24, 2.45) is 11.8 Å². The molecule has 1 atom stereocenters. The van der Waals surface area contributed by atoms with E-state index < -0.39 is 0 Å². The van der Waals surface area contributed by atoms with E-state index in [1.807, 2.05) is 0 Å². The Morgan fingerprint density at radius 1 is 1.12 bits per heavy atom. The van der Waals surface area contributed by atoms with Crippen molar-refractivity contribution in [2.75, 3.05) is 13.1 Å². The number of aromatic nitrogens is 2. The molecular weight excluding hydrogens is 348 g/mol. The van der Waals surface area contributed by atoms with Crippen molar-refractivity contribution in [1.82, 2.24) is 20.4 Å². The lowest BCUT2D eigenvalue weighted by Crippen LogP contribution is -2.41. The van der Waals surface area contributed by atoms with Crippen LogP contribution >= 0.6 is 12.4 Å². The Kier molecular flexibility index (Phi) is 9.66. The summed E-state index contributed by atoms with van der Waals surface area (Å²) >= 11 is 0. The number of halogens is 1. The third kappa shape index (κ3) is 6.27. The maximum Gasteiger partial charge on any atom is 0.274 e. The van der Waals surface area contributed by atoms with Gasteiger partial charge in [0.1, 0.15) is 0 Å². The molecular formula is C20H37ClN4O. The third-order valence-corrected chi connectivity index (χ3v) is 5.15. The lowest BCUT2D eigenvalue weighted by molar-refractivity contribution is 0.0664. The van der Waals surface area contributed by atoms with Gasteiger partial charge >= 0.3 is 0 Å². The van der Waals surface area contributed by atoms with Crippen LogP contribution in [0.4, 0.5) is 0 Å². The van der Waals surface area contributed by atoms with E-state index in [-0.39, 0.29) is 24.4 Å². The molecule has 0 fully saturated rings. The number of carbonyl (C=O) groups excluding carboxylic acids is 1. The molecule has 0 radical (unpaired) electrons. The molecule has 26 heavy (non-hydrogen) atoms. The molecule has 0 saturated heterocycles. The van der Waals surface area contributed by atoms with Gasteiger partial charge in [-0.3, -0.25) is 9.89 Å². The predicted molar refractivity (Wildman–Crippen MR) is 110 cm³/mol. The number of aromatic amines is 1. The quantitative estimate of drug-likeness (QED) is 0.671. The van der Waals surface area contributed by atoms with Crippen molar-refractivity contribution >= 4 is 18.3 Å². The topological polar surface area (TPSA) is 61.0 Å². The minimum Gasteiger partial charge on any atom is -0.335 e. The summed E-state index contributed by atoms with van der Waals surface area (Å²) in [6.07, 6.45) is 5.41. The summed E-state index contributed by atoms with van der Waals surface area (Å²) in [6, 6.07) is 0.258. The van der Waals surface area contributed by atoms with Crippen LogP contribution in [0.2, 0.25) is 0 Å². The van der Waals surface area contributed by atoms with Gasteiger partial charge < -0.3 is 10.2 Å². The summed E-state index contributed by atoms with van der Waals surface area (Å²) in [6.45, 7) is 13.6. The lowest BCUT2D eigenvalue weighted by atomic mass is 10.0. The molecule has 1 unspecified atom stereocenters. The molecule has 0 aromatic carbocycles. The Balaban J connectivity index is 0.00000338. The van der Waals surface area contributed by atoms with Crippen LogP contribution in [0.3, 0.4) is 0 Å². The largest absolute Gasteiger partial charge is 0.335 e. The van der Waals surface area contributed by atoms with Gasteiger partial charge in [0.05, 0.1) is 0 Å². The van der Waals surface area contributed by atoms with Gasteiger partial charge in [-0.2, -0.15) is 5.10 Å². The Hall–Kier alpha value is -1.07. The van der Waals surface area contributed by atoms with Crippen molar-refractivity contribution in [1.29, 1.82) is 0 Å². The van der Waals surface area contributed by atoms with Gasteiger partial charge in [0.25, 0.3) is 5.91 Å². The highest BCUT2D eigenvalue weighted by Crippen LogP contribution is 2.21. The molecule has 2 heterocycles. The maximum absolute atomic E-state index is 13.2. The molecule has 2 rings (SSSR count). The van der Waals surface area contributed by atoms with E-state index >= 15 is 0 Å². The minimum atomic E-state index is 0. The zero-order valence-electron chi connectivity index (χ0n) is 17.1. The van der Waals surface area contributed by atoms with Crippen LogP contribution in [-0.4, -0.2) is 40.1 Å². The van der Waals surface area contributed by atoms with Crippen molar-refractivity contribution in [3.05, 3.63) is 17.0 Å². The third-order valence-electron chi connectivity index (χ3n) is 5.15. The van der Waals surface area contributed by atoms with Gasteiger partial charge in [0.15, 0.2) is 5.69 Å². The lowest BCUT2D eigenvalue weighted by Gasteiger charge is -2.30. The van der Waals surface area contributed by atoms with E-state index in [4.69, 9.17) is 0 Å². The van der Waals surface area contributed by atoms with Gasteiger partial charge in [-0.05, 0) is 31.6 Å². The van der Waals surface area contributed by atoms with Crippen LogP contribution in [0.15, 0.2) is 0 Å². The Morgan fingerprint density at radius 2 is 1.81 bits per heavy atom. The van der Waals surface area contributed by atoms with Gasteiger partial charge in [-0.25, -0.2) is 0 Å². The monoisotopic (exact) mass is 384 g/mol. The minimum absolute atomic E-state index is 0. The zero-order valence-corrected chi connectivity index (χ0v) is 17.9. The number of fused-ring (bicyclic) bond motifs is 1. The Bertz CT molecular complexity index is 556. The van der Waals surface area contributed by atoms with Gasteiger partial charge in [-0.15, -0.1) is 12.4 Å². The van der Waals surface area contributed by atoms with E-state index in [0.29, 0.717) is 11.6 Å². The molecule has 1 aliphatic heterocycles. The van der Waals surface area contributed by atoms with E-state index in [1.54, 1.807) is 0 Å². The van der Waals surface area contributed by atoms with Crippen molar-refractivity contribution in [3.63, 3.8) is 0 Å². The van der Waals surface area contributed by atoms with Gasteiger partial charge in [-0.1, -0.05) is 40.5 Å². The smallest absolute Gasteiger partial charge is 0.274 e. The summed E-state index contributed by atoms with van der Waals surface area (Å²) < 4.78 is 0. The number of rotatable bonds is 9. The van der Waals surface area contributed by atoms with E-state index in [2.05, 4.69) is 55.0 Å². The fourth-order valence-electron chi connectivity index (χ4n) is 3.43. The summed E-state index contributed by atoms with van der Waals surface area (Å²) in [4.78, 5) is 15.3. The zero-order chi connectivity index (χ0) is 18.4. The van der Waals surface area contributed by atoms with E-state index in [9.17, 15) is 4.79 Å². The summed E-state index contributed by atoms with van der Waals surface area (Å²) in [7, 11) is 0. The second-order valence-corrected chi connectivity index (χ2v) is 8.31. The van der Waals surface area contributed by atoms with E-state index in [1.165, 1.54) is 12.8 Å². The molecule has 0 saturated carbocycles. The molecule has 1 aromatic rings. The number of hydrogen-bond acceptors (Lipinski definition) is 3. The Morgan fingerprint density at radius 3 is 2.46 bits per heavy atom. The van der Waals surface area contributed by atoms with Crippen LogP contribution in [0, 0.1) is 11.8 Å². The SMILES string of the molecule is CC(C)CCCC(C)N(CCC(C)C)C(=O)c1n[nH]c2c1CNCC2.Cl. The molecule has 6 heteroatoms. The molecule has 0 aliphatic carbocycles. The van der Waals surface area contributed by atoms with Crippen LogP contribution in [0.25, 0.3) is 0 Å². The van der Waals surface area contributed by atoms with Gasteiger partial charge in [0.2, 0.25) is 0 Å². The molecule has 5 nitrogen and oxygen atoms in total. The normalized spacial score (nSPS) is 14.9. The number of carbonyl (C=O) groups is 1. The fourth-order valence-corrected chi connectivity index (χ4v) is 3.43. The summed E-state index contributed by atoms with van der Waals surface area (Å²) in [5.41, 5.74) is 2.82. The number of hydrogen-bond donors (Lipinski definition) is 2. The number of nitrogens with zero attached hydrogens (tertiary/aromatic N) is 2. The number of amides is 1. The second-order valence-electron chi connectivity index (χ2n) is 8.31. The second kappa shape index (κ2) is 10.9. The van der Waals surface area contributed by atoms with Crippen molar-refractivity contribution < 1.29 is 4.79 Å². The van der Waals surface area contributed by atoms with Crippen LogP contribution in [0.5, 0.6) is 0 Å². The average Bonchev–Trinajstić information content (AvgIpc) is 2.98. The first-order chi connectivity index (χ1) is 11.9. The molecule has 150 valence electrons. The predicted octanol–water partition coefficient (Wildman–Crippen LogP) is 4.18. The van der Waals surface area contributed by atoms with Crippen LogP contribution in [0.1, 0.15) is 82.0 Å². The van der Waals surface area contributed by atoms with Crippen LogP contribution in [-0.2, 0) is 13.0 Å². The molecule has 0 bridgehead atoms. The standard InChI is InChI=1S/C20H36N4O.ClH/c1-14(2)7-6-8-16(5)24(12-10-15(3)4)20(25)19-17-13-21-11-9-18(17)22-23-19;/h14-16,21H,6-13H2,1-5H3,(H,22,23);1H. The maximum atomic E-state index is 13.2. The van der Waals surface area contributed by atoms with Gasteiger partial charge in [0, 0.05) is 43.4 Å². The number of nitrogens with one attached hydrogen (secondary N) is 2. The van der Waals surface area contributed by atoms with Crippen LogP contribution < -0.4 is 5.32 Å². The van der Waals surface area contributed by atoms with Crippen molar-refractivity contribution in [2.45, 2.75) is 79.3 Å². The highest BCUT2D eigenvalue weighted by atomic mass is 35.5. The number of H-pyrrole nitrogens is 1. The fraction of sp³-hybridized carbons (Fsp3) is 0.800. The van der Waals surface area contributed by atoms with E-state index in [0.717, 1.165) is 56.1 Å².